The van der Waals surface area contributed by atoms with Crippen molar-refractivity contribution in [3.63, 3.8) is 0 Å². The number of hydrogen-bond acceptors (Lipinski definition) is 2. The van der Waals surface area contributed by atoms with Crippen LogP contribution in [0.5, 0.6) is 0 Å². The molecule has 24 heavy (non-hydrogen) atoms. The minimum atomic E-state index is -0.275. The number of benzene rings is 2. The molecule has 0 saturated carbocycles. The molecule has 1 aromatic heterocycles. The summed E-state index contributed by atoms with van der Waals surface area (Å²) in [5.41, 5.74) is 2.71. The molecule has 0 saturated heterocycles. The van der Waals surface area contributed by atoms with Gasteiger partial charge in [0.15, 0.2) is 0 Å². The molecule has 0 unspecified atom stereocenters. The number of carbonyl (C=O) groups is 1. The summed E-state index contributed by atoms with van der Waals surface area (Å²) in [6, 6.07) is 16.8. The third-order valence-corrected chi connectivity index (χ3v) is 4.07. The van der Waals surface area contributed by atoms with Gasteiger partial charge in [-0.25, -0.2) is 9.78 Å². The number of imidazole rings is 1. The van der Waals surface area contributed by atoms with Crippen molar-refractivity contribution in [2.75, 3.05) is 5.32 Å². The average Bonchev–Trinajstić information content (AvgIpc) is 3.08. The molecule has 2 aromatic carbocycles. The highest BCUT2D eigenvalue weighted by Crippen LogP contribution is 2.19. The van der Waals surface area contributed by atoms with Crippen LogP contribution in [0.15, 0.2) is 65.3 Å². The van der Waals surface area contributed by atoms with Gasteiger partial charge < -0.3 is 15.6 Å². The van der Waals surface area contributed by atoms with Crippen molar-refractivity contribution in [2.45, 2.75) is 13.0 Å². The maximum Gasteiger partial charge on any atom is 0.319 e. The Kier molecular flexibility index (Phi) is 4.96. The largest absolute Gasteiger partial charge is 0.340 e. The van der Waals surface area contributed by atoms with Crippen LogP contribution >= 0.6 is 15.9 Å². The Morgan fingerprint density at radius 3 is 2.54 bits per heavy atom. The van der Waals surface area contributed by atoms with Crippen LogP contribution in [0.3, 0.4) is 0 Å². The average molecular weight is 385 g/mol. The van der Waals surface area contributed by atoms with Gasteiger partial charge in [0.25, 0.3) is 0 Å². The van der Waals surface area contributed by atoms with Gasteiger partial charge in [-0.05, 0) is 36.8 Å². The number of rotatable bonds is 4. The maximum atomic E-state index is 12.1. The van der Waals surface area contributed by atoms with Crippen molar-refractivity contribution < 1.29 is 4.79 Å². The van der Waals surface area contributed by atoms with Crippen LogP contribution in [0, 0.1) is 0 Å². The van der Waals surface area contributed by atoms with E-state index < -0.39 is 0 Å². The number of hydrogen-bond donors (Lipinski definition) is 3. The van der Waals surface area contributed by atoms with E-state index >= 15 is 0 Å². The van der Waals surface area contributed by atoms with Crippen LogP contribution in [-0.2, 0) is 0 Å². The molecule has 6 heteroatoms. The fourth-order valence-electron chi connectivity index (χ4n) is 2.29. The topological polar surface area (TPSA) is 69.8 Å². The van der Waals surface area contributed by atoms with Crippen LogP contribution < -0.4 is 10.6 Å². The number of nitrogens with one attached hydrogen (secondary N) is 3. The molecule has 0 aliphatic carbocycles. The Hall–Kier alpha value is -2.60. The molecular weight excluding hydrogens is 368 g/mol. The third kappa shape index (κ3) is 4.02. The van der Waals surface area contributed by atoms with E-state index in [0.29, 0.717) is 5.82 Å². The lowest BCUT2D eigenvalue weighted by Gasteiger charge is -2.12. The predicted molar refractivity (Wildman–Crippen MR) is 98.7 cm³/mol. The van der Waals surface area contributed by atoms with E-state index in [4.69, 9.17) is 0 Å². The molecule has 0 fully saturated rings. The zero-order chi connectivity index (χ0) is 16.9. The van der Waals surface area contributed by atoms with Gasteiger partial charge in [0.1, 0.15) is 5.82 Å². The Morgan fingerprint density at radius 1 is 1.12 bits per heavy atom. The van der Waals surface area contributed by atoms with Crippen LogP contribution in [0.4, 0.5) is 10.5 Å². The minimum Gasteiger partial charge on any atom is -0.340 e. The smallest absolute Gasteiger partial charge is 0.319 e. The highest BCUT2D eigenvalue weighted by Gasteiger charge is 2.13. The first-order valence-electron chi connectivity index (χ1n) is 7.55. The number of H-pyrrole nitrogens is 1. The van der Waals surface area contributed by atoms with E-state index in [0.717, 1.165) is 21.4 Å². The van der Waals surface area contributed by atoms with Crippen molar-refractivity contribution in [3.05, 3.63) is 71.1 Å². The van der Waals surface area contributed by atoms with Gasteiger partial charge in [-0.2, -0.15) is 0 Å². The summed E-state index contributed by atoms with van der Waals surface area (Å²) >= 11 is 3.36. The molecule has 0 aliphatic heterocycles. The molecule has 3 aromatic rings. The number of anilines is 1. The minimum absolute atomic E-state index is 0.238. The molecule has 0 spiro atoms. The second-order valence-corrected chi connectivity index (χ2v) is 6.29. The molecule has 0 aliphatic rings. The summed E-state index contributed by atoms with van der Waals surface area (Å²) in [5.74, 6) is 0.708. The molecule has 2 amide bonds. The summed E-state index contributed by atoms with van der Waals surface area (Å²) in [7, 11) is 0. The molecule has 1 atom stereocenters. The van der Waals surface area contributed by atoms with Crippen LogP contribution in [0.25, 0.3) is 11.3 Å². The van der Waals surface area contributed by atoms with Gasteiger partial charge in [-0.3, -0.25) is 0 Å². The fourth-order valence-corrected chi connectivity index (χ4v) is 2.55. The molecular formula is C18H17BrN4O. The van der Waals surface area contributed by atoms with Crippen LogP contribution in [-0.4, -0.2) is 16.0 Å². The van der Waals surface area contributed by atoms with Crippen molar-refractivity contribution in [1.29, 1.82) is 0 Å². The van der Waals surface area contributed by atoms with E-state index in [1.807, 2.05) is 61.5 Å². The molecule has 0 radical (unpaired) electrons. The molecule has 122 valence electrons. The van der Waals surface area contributed by atoms with Crippen molar-refractivity contribution >= 4 is 27.6 Å². The lowest BCUT2D eigenvalue weighted by atomic mass is 10.2. The molecule has 1 heterocycles. The second-order valence-electron chi connectivity index (χ2n) is 5.38. The van der Waals surface area contributed by atoms with E-state index in [-0.39, 0.29) is 12.1 Å². The zero-order valence-electron chi connectivity index (χ0n) is 13.1. The number of carbonyl (C=O) groups excluding carboxylic acids is 1. The van der Waals surface area contributed by atoms with E-state index in [9.17, 15) is 4.79 Å². The number of amides is 2. The Labute approximate surface area is 148 Å². The van der Waals surface area contributed by atoms with Gasteiger partial charge in [-0.15, -0.1) is 0 Å². The number of urea groups is 1. The summed E-state index contributed by atoms with van der Waals surface area (Å²) in [4.78, 5) is 19.7. The quantitative estimate of drug-likeness (QED) is 0.608. The molecule has 0 bridgehead atoms. The Morgan fingerprint density at radius 2 is 1.83 bits per heavy atom. The van der Waals surface area contributed by atoms with Crippen molar-refractivity contribution in [3.8, 4) is 11.3 Å². The van der Waals surface area contributed by atoms with Gasteiger partial charge in [-0.1, -0.05) is 46.3 Å². The number of halogens is 1. The first-order chi connectivity index (χ1) is 11.6. The number of aromatic nitrogens is 2. The van der Waals surface area contributed by atoms with Crippen molar-refractivity contribution in [2.24, 2.45) is 0 Å². The second kappa shape index (κ2) is 7.31. The monoisotopic (exact) mass is 384 g/mol. The molecule has 3 rings (SSSR count). The number of nitrogens with zero attached hydrogens (tertiary/aromatic N) is 1. The Balaban J connectivity index is 1.62. The predicted octanol–water partition coefficient (Wildman–Crippen LogP) is 4.72. The van der Waals surface area contributed by atoms with Gasteiger partial charge in [0.2, 0.25) is 0 Å². The highest BCUT2D eigenvalue weighted by atomic mass is 79.9. The maximum absolute atomic E-state index is 12.1. The highest BCUT2D eigenvalue weighted by molar-refractivity contribution is 9.10. The first-order valence-corrected chi connectivity index (χ1v) is 8.34. The fraction of sp³-hybridized carbons (Fsp3) is 0.111. The van der Waals surface area contributed by atoms with Gasteiger partial charge >= 0.3 is 6.03 Å². The van der Waals surface area contributed by atoms with Gasteiger partial charge in [0, 0.05) is 10.2 Å². The van der Waals surface area contributed by atoms with E-state index in [1.54, 1.807) is 6.20 Å². The SMILES string of the molecule is C[C@@H](NC(=O)Nc1ccc(Br)cc1)c1ncc(-c2ccccc2)[nH]1. The first kappa shape index (κ1) is 16.3. The Bertz CT molecular complexity index is 815. The lowest BCUT2D eigenvalue weighted by Crippen LogP contribution is -2.31. The van der Waals surface area contributed by atoms with Crippen molar-refractivity contribution in [1.82, 2.24) is 15.3 Å². The lowest BCUT2D eigenvalue weighted by molar-refractivity contribution is 0.249. The molecule has 3 N–H and O–H groups in total. The summed E-state index contributed by atoms with van der Waals surface area (Å²) in [6.45, 7) is 1.88. The summed E-state index contributed by atoms with van der Waals surface area (Å²) in [6.07, 6.45) is 1.77. The normalized spacial score (nSPS) is 11.8. The number of aromatic amines is 1. The molecule has 5 nitrogen and oxygen atoms in total. The van der Waals surface area contributed by atoms with Gasteiger partial charge in [0.05, 0.1) is 17.9 Å². The van der Waals surface area contributed by atoms with Crippen LogP contribution in [0.1, 0.15) is 18.8 Å². The van der Waals surface area contributed by atoms with E-state index in [2.05, 4.69) is 36.5 Å². The van der Waals surface area contributed by atoms with Crippen LogP contribution in [0.2, 0.25) is 0 Å². The third-order valence-electron chi connectivity index (χ3n) is 3.54. The standard InChI is InChI=1S/C18H17BrN4O/c1-12(21-18(24)22-15-9-7-14(19)8-10-15)17-20-11-16(23-17)13-5-3-2-4-6-13/h2-12H,1H3,(H,20,23)(H2,21,22,24)/t12-/m1/s1. The summed E-state index contributed by atoms with van der Waals surface area (Å²) < 4.78 is 0.964. The zero-order valence-corrected chi connectivity index (χ0v) is 14.7. The summed E-state index contributed by atoms with van der Waals surface area (Å²) in [5, 5.41) is 5.66. The van der Waals surface area contributed by atoms with E-state index in [1.165, 1.54) is 0 Å².